The summed E-state index contributed by atoms with van der Waals surface area (Å²) >= 11 is 0. The van der Waals surface area contributed by atoms with Crippen molar-refractivity contribution >= 4 is 5.91 Å². The Morgan fingerprint density at radius 3 is 2.38 bits per heavy atom. The third-order valence-electron chi connectivity index (χ3n) is 8.58. The highest BCUT2D eigenvalue weighted by molar-refractivity contribution is 5.78. The third kappa shape index (κ3) is 12.5. The summed E-state index contributed by atoms with van der Waals surface area (Å²) in [6.45, 7) is 21.1. The number of aliphatic hydroxyl groups excluding tert-OH is 1. The van der Waals surface area contributed by atoms with Crippen LogP contribution in [0.3, 0.4) is 0 Å². The minimum absolute atomic E-state index is 0.00175. The van der Waals surface area contributed by atoms with Gasteiger partial charge in [0.1, 0.15) is 5.75 Å². The average molecular weight is 592 g/mol. The molecule has 0 bridgehead atoms. The second kappa shape index (κ2) is 18.2. The molecule has 1 fully saturated rings. The second-order valence-corrected chi connectivity index (χ2v) is 13.8. The number of hydrogen-bond donors (Lipinski definition) is 3. The summed E-state index contributed by atoms with van der Waals surface area (Å²) in [5, 5.41) is 14.3. The van der Waals surface area contributed by atoms with E-state index in [4.69, 9.17) is 19.9 Å². The van der Waals surface area contributed by atoms with Gasteiger partial charge in [-0.2, -0.15) is 0 Å². The van der Waals surface area contributed by atoms with Crippen molar-refractivity contribution in [3.63, 3.8) is 0 Å². The Kier molecular flexibility index (Phi) is 15.8. The Morgan fingerprint density at radius 2 is 1.79 bits per heavy atom. The van der Waals surface area contributed by atoms with Crippen molar-refractivity contribution in [3.8, 4) is 5.75 Å². The summed E-state index contributed by atoms with van der Waals surface area (Å²) in [5.41, 5.74) is 9.00. The Balaban J connectivity index is 2.00. The fraction of sp³-hybridized carbons (Fsp3) is 0.794. The van der Waals surface area contributed by atoms with E-state index in [1.54, 1.807) is 7.11 Å². The van der Waals surface area contributed by atoms with Gasteiger partial charge in [0.05, 0.1) is 25.9 Å². The van der Waals surface area contributed by atoms with Gasteiger partial charge in [-0.15, -0.1) is 0 Å². The molecule has 242 valence electrons. The zero-order chi connectivity index (χ0) is 31.3. The monoisotopic (exact) mass is 591 g/mol. The number of carbonyl (C=O) groups is 1. The van der Waals surface area contributed by atoms with Crippen molar-refractivity contribution in [2.24, 2.45) is 29.4 Å². The first-order valence-corrected chi connectivity index (χ1v) is 16.1. The molecule has 1 aromatic rings. The van der Waals surface area contributed by atoms with Crippen LogP contribution in [0.5, 0.6) is 5.75 Å². The minimum Gasteiger partial charge on any atom is -0.493 e. The topological polar surface area (TPSA) is 106 Å². The molecule has 0 radical (unpaired) electrons. The number of nitrogens with one attached hydrogen (secondary N) is 1. The molecular formula is C34H61N3O5. The number of ether oxygens (including phenoxy) is 3. The van der Waals surface area contributed by atoms with Crippen molar-refractivity contribution in [2.75, 3.05) is 59.7 Å². The molecule has 0 spiro atoms. The second-order valence-electron chi connectivity index (χ2n) is 13.8. The van der Waals surface area contributed by atoms with Crippen LogP contribution in [0.2, 0.25) is 0 Å². The smallest absolute Gasteiger partial charge is 0.223 e. The van der Waals surface area contributed by atoms with E-state index in [-0.39, 0.29) is 29.1 Å². The number of amides is 1. The number of rotatable bonds is 18. The van der Waals surface area contributed by atoms with Crippen LogP contribution in [0.1, 0.15) is 78.9 Å². The van der Waals surface area contributed by atoms with Crippen LogP contribution in [-0.2, 0) is 26.1 Å². The maximum absolute atomic E-state index is 13.1. The normalized spacial score (nSPS) is 17.7. The van der Waals surface area contributed by atoms with Crippen LogP contribution < -0.4 is 15.8 Å². The van der Waals surface area contributed by atoms with Crippen LogP contribution in [0.4, 0.5) is 0 Å². The molecule has 0 unspecified atom stereocenters. The molecule has 4 N–H and O–H groups in total. The molecule has 1 aromatic carbocycles. The van der Waals surface area contributed by atoms with Crippen LogP contribution in [0.25, 0.3) is 0 Å². The van der Waals surface area contributed by atoms with Gasteiger partial charge in [-0.05, 0) is 59.6 Å². The molecule has 4 atom stereocenters. The lowest BCUT2D eigenvalue weighted by Crippen LogP contribution is -2.45. The van der Waals surface area contributed by atoms with Crippen LogP contribution >= 0.6 is 0 Å². The van der Waals surface area contributed by atoms with Crippen molar-refractivity contribution in [2.45, 2.75) is 91.7 Å². The fourth-order valence-corrected chi connectivity index (χ4v) is 5.63. The van der Waals surface area contributed by atoms with Crippen molar-refractivity contribution in [1.29, 1.82) is 0 Å². The van der Waals surface area contributed by atoms with Gasteiger partial charge in [0, 0.05) is 58.3 Å². The molecule has 1 heterocycles. The zero-order valence-electron chi connectivity index (χ0n) is 27.8. The standard InChI is InChI=1S/C34H61N3O5/c1-24(2)27(20-26-10-11-29(34(5,6)7)32(21-26)42-17-9-16-40-8)22-30(35)31(38)23-28(25(3)4)33(39)36-12-13-37-14-18-41-19-15-37/h10-11,21,24-25,27-28,30-31,38H,9,12-20,22-23,35H2,1-8H3,(H,36,39)/t27-,28-,30-,31-/m0/s1. The van der Waals surface area contributed by atoms with Crippen molar-refractivity contribution in [3.05, 3.63) is 29.3 Å². The number of benzene rings is 1. The molecule has 42 heavy (non-hydrogen) atoms. The quantitative estimate of drug-likeness (QED) is 0.217. The lowest BCUT2D eigenvalue weighted by molar-refractivity contribution is -0.127. The van der Waals surface area contributed by atoms with Gasteiger partial charge in [-0.3, -0.25) is 9.69 Å². The SMILES string of the molecule is COCCCOc1cc(C[C@@H](C[C@H](N)[C@@H](O)C[C@H](C(=O)NCCN2CCOCC2)C(C)C)C(C)C)ccc1C(C)(C)C. The summed E-state index contributed by atoms with van der Waals surface area (Å²) in [6.07, 6.45) is 2.01. The van der Waals surface area contributed by atoms with Crippen molar-refractivity contribution < 1.29 is 24.1 Å². The number of hydrogen-bond acceptors (Lipinski definition) is 7. The van der Waals surface area contributed by atoms with Crippen LogP contribution in [0, 0.1) is 23.7 Å². The number of aliphatic hydroxyl groups is 1. The maximum Gasteiger partial charge on any atom is 0.223 e. The zero-order valence-corrected chi connectivity index (χ0v) is 27.8. The summed E-state index contributed by atoms with van der Waals surface area (Å²) in [7, 11) is 1.71. The highest BCUT2D eigenvalue weighted by Crippen LogP contribution is 2.34. The van der Waals surface area contributed by atoms with E-state index in [9.17, 15) is 9.90 Å². The van der Waals surface area contributed by atoms with Gasteiger partial charge in [0.15, 0.2) is 0 Å². The molecule has 1 aliphatic rings. The largest absolute Gasteiger partial charge is 0.493 e. The maximum atomic E-state index is 13.1. The molecule has 1 aliphatic heterocycles. The molecule has 1 amide bonds. The first kappa shape index (κ1) is 36.5. The van der Waals surface area contributed by atoms with E-state index in [0.717, 1.165) is 51.4 Å². The molecule has 0 aromatic heterocycles. The van der Waals surface area contributed by atoms with E-state index in [1.807, 2.05) is 13.8 Å². The molecule has 8 heteroatoms. The summed E-state index contributed by atoms with van der Waals surface area (Å²) in [6, 6.07) is 6.17. The van der Waals surface area contributed by atoms with Gasteiger partial charge in [0.2, 0.25) is 5.91 Å². The molecule has 2 rings (SSSR count). The van der Waals surface area contributed by atoms with E-state index in [0.29, 0.717) is 38.5 Å². The van der Waals surface area contributed by atoms with Gasteiger partial charge < -0.3 is 30.4 Å². The number of carbonyl (C=O) groups excluding carboxylic acids is 1. The molecule has 0 aliphatic carbocycles. The number of methoxy groups -OCH3 is 1. The molecule has 1 saturated heterocycles. The Labute approximate surface area is 256 Å². The average Bonchev–Trinajstić information content (AvgIpc) is 2.93. The van der Waals surface area contributed by atoms with Crippen molar-refractivity contribution in [1.82, 2.24) is 10.2 Å². The molecule has 0 saturated carbocycles. The Hall–Kier alpha value is -1.71. The number of morpholine rings is 1. The predicted octanol–water partition coefficient (Wildman–Crippen LogP) is 4.40. The first-order chi connectivity index (χ1) is 19.8. The number of nitrogens with two attached hydrogens (primary N) is 1. The van der Waals surface area contributed by atoms with E-state index in [2.05, 4.69) is 63.0 Å². The lowest BCUT2D eigenvalue weighted by atomic mass is 9.80. The summed E-state index contributed by atoms with van der Waals surface area (Å²) < 4.78 is 16.8. The molecule has 8 nitrogen and oxygen atoms in total. The highest BCUT2D eigenvalue weighted by Gasteiger charge is 2.30. The van der Waals surface area contributed by atoms with E-state index >= 15 is 0 Å². The third-order valence-corrected chi connectivity index (χ3v) is 8.58. The first-order valence-electron chi connectivity index (χ1n) is 16.1. The fourth-order valence-electron chi connectivity index (χ4n) is 5.63. The van der Waals surface area contributed by atoms with Crippen LogP contribution in [0.15, 0.2) is 18.2 Å². The Morgan fingerprint density at radius 1 is 1.10 bits per heavy atom. The van der Waals surface area contributed by atoms with E-state index in [1.165, 1.54) is 11.1 Å². The number of nitrogens with zero attached hydrogens (tertiary/aromatic N) is 1. The van der Waals surface area contributed by atoms with Gasteiger partial charge in [0.25, 0.3) is 0 Å². The minimum atomic E-state index is -0.744. The lowest BCUT2D eigenvalue weighted by Gasteiger charge is -2.30. The summed E-state index contributed by atoms with van der Waals surface area (Å²) in [4.78, 5) is 15.4. The Bertz CT molecular complexity index is 911. The van der Waals surface area contributed by atoms with Gasteiger partial charge >= 0.3 is 0 Å². The van der Waals surface area contributed by atoms with Crippen LogP contribution in [-0.4, -0.2) is 87.8 Å². The van der Waals surface area contributed by atoms with Gasteiger partial charge in [-0.1, -0.05) is 60.6 Å². The predicted molar refractivity (Wildman–Crippen MR) is 171 cm³/mol. The van der Waals surface area contributed by atoms with Gasteiger partial charge in [-0.25, -0.2) is 0 Å². The molecular weight excluding hydrogens is 530 g/mol. The van der Waals surface area contributed by atoms with E-state index < -0.39 is 12.1 Å². The highest BCUT2D eigenvalue weighted by atomic mass is 16.5. The summed E-state index contributed by atoms with van der Waals surface area (Å²) in [5.74, 6) is 1.44.